The van der Waals surface area contributed by atoms with Crippen LogP contribution < -0.4 is 0 Å². The summed E-state index contributed by atoms with van der Waals surface area (Å²) in [4.78, 5) is 32.3. The number of benzene rings is 2. The van der Waals surface area contributed by atoms with Gasteiger partial charge in [0.05, 0.1) is 17.3 Å². The lowest BCUT2D eigenvalue weighted by Gasteiger charge is -2.39. The third kappa shape index (κ3) is 4.05. The van der Waals surface area contributed by atoms with Crippen molar-refractivity contribution < 1.29 is 14.3 Å². The van der Waals surface area contributed by atoms with Gasteiger partial charge in [-0.3, -0.25) is 9.69 Å². The molecule has 1 amide bonds. The Labute approximate surface area is 180 Å². The molecule has 1 fully saturated rings. The van der Waals surface area contributed by atoms with Gasteiger partial charge in [0.25, 0.3) is 0 Å². The number of allylic oxidation sites excluding steroid dienone is 1. The summed E-state index contributed by atoms with van der Waals surface area (Å²) in [7, 11) is 0. The molecule has 1 atom stereocenters. The van der Waals surface area contributed by atoms with Crippen LogP contribution in [0, 0.1) is 0 Å². The fourth-order valence-corrected chi connectivity index (χ4v) is 4.72. The average Bonchev–Trinajstić information content (AvgIpc) is 2.77. The van der Waals surface area contributed by atoms with E-state index in [2.05, 4.69) is 11.9 Å². The second-order valence-corrected chi connectivity index (χ2v) is 8.38. The van der Waals surface area contributed by atoms with Gasteiger partial charge in [-0.15, -0.1) is 0 Å². The van der Waals surface area contributed by atoms with Crippen LogP contribution in [-0.2, 0) is 27.4 Å². The van der Waals surface area contributed by atoms with Gasteiger partial charge in [-0.2, -0.15) is 0 Å². The van der Waals surface area contributed by atoms with E-state index in [-0.39, 0.29) is 12.5 Å². The van der Waals surface area contributed by atoms with E-state index in [4.69, 9.17) is 4.74 Å². The van der Waals surface area contributed by atoms with Crippen molar-refractivity contribution in [2.24, 2.45) is 4.99 Å². The number of esters is 1. The van der Waals surface area contributed by atoms with Crippen LogP contribution in [0.4, 0.5) is 0 Å². The van der Waals surface area contributed by atoms with Crippen LogP contribution in [0.15, 0.2) is 70.9 Å². The topological polar surface area (TPSA) is 59.0 Å². The van der Waals surface area contributed by atoms with Gasteiger partial charge in [-0.05, 0) is 30.0 Å². The molecule has 0 N–H and O–H groups in total. The lowest BCUT2D eigenvalue weighted by atomic mass is 9.93. The molecule has 0 unspecified atom stereocenters. The summed E-state index contributed by atoms with van der Waals surface area (Å²) in [6.45, 7) is 4.09. The molecule has 1 saturated heterocycles. The number of rotatable bonds is 5. The Hall–Kier alpha value is -2.86. The molecule has 2 aliphatic rings. The van der Waals surface area contributed by atoms with Crippen molar-refractivity contribution in [3.63, 3.8) is 0 Å². The molecule has 2 aliphatic heterocycles. The second kappa shape index (κ2) is 8.88. The van der Waals surface area contributed by atoms with Gasteiger partial charge in [0.2, 0.25) is 5.91 Å². The number of amidine groups is 1. The smallest absolute Gasteiger partial charge is 0.338 e. The molecule has 30 heavy (non-hydrogen) atoms. The molecule has 2 heterocycles. The van der Waals surface area contributed by atoms with Crippen LogP contribution in [0.3, 0.4) is 0 Å². The fraction of sp³-hybridized carbons (Fsp3) is 0.292. The molecule has 0 aliphatic carbocycles. The molecule has 0 radical (unpaired) electrons. The minimum Gasteiger partial charge on any atom is -0.457 e. The van der Waals surface area contributed by atoms with E-state index in [9.17, 15) is 9.59 Å². The Kier molecular flexibility index (Phi) is 6.04. The number of aliphatic imine (C=N–C) groups is 1. The molecule has 4 rings (SSSR count). The zero-order valence-electron chi connectivity index (χ0n) is 17.1. The first kappa shape index (κ1) is 20.4. The number of hydrogen-bond acceptors (Lipinski definition) is 5. The van der Waals surface area contributed by atoms with Gasteiger partial charge in [0, 0.05) is 12.2 Å². The monoisotopic (exact) mass is 420 g/mol. The predicted octanol–water partition coefficient (Wildman–Crippen LogP) is 4.64. The number of amides is 1. The van der Waals surface area contributed by atoms with Gasteiger partial charge in [-0.25, -0.2) is 9.79 Å². The Morgan fingerprint density at radius 2 is 1.87 bits per heavy atom. The van der Waals surface area contributed by atoms with Gasteiger partial charge < -0.3 is 4.74 Å². The number of nitrogens with zero attached hydrogens (tertiary/aromatic N) is 2. The summed E-state index contributed by atoms with van der Waals surface area (Å²) < 4.78 is 5.64. The molecule has 0 bridgehead atoms. The molecule has 6 heteroatoms. The molecule has 0 aromatic heterocycles. The lowest BCUT2D eigenvalue weighted by molar-refractivity contribution is -0.141. The van der Waals surface area contributed by atoms with Crippen molar-refractivity contribution in [2.45, 2.75) is 39.3 Å². The van der Waals surface area contributed by atoms with E-state index in [0.717, 1.165) is 17.5 Å². The molecule has 0 spiro atoms. The lowest BCUT2D eigenvalue weighted by Crippen LogP contribution is -2.45. The van der Waals surface area contributed by atoms with Gasteiger partial charge in [0.1, 0.15) is 6.61 Å². The van der Waals surface area contributed by atoms with E-state index in [1.807, 2.05) is 61.5 Å². The highest BCUT2D eigenvalue weighted by molar-refractivity contribution is 8.14. The van der Waals surface area contributed by atoms with Crippen LogP contribution in [0.1, 0.15) is 43.0 Å². The van der Waals surface area contributed by atoms with Gasteiger partial charge >= 0.3 is 5.97 Å². The highest BCUT2D eigenvalue weighted by Gasteiger charge is 2.41. The number of fused-ring (bicyclic) bond motifs is 1. The highest BCUT2D eigenvalue weighted by atomic mass is 32.2. The highest BCUT2D eigenvalue weighted by Crippen LogP contribution is 2.40. The standard InChI is InChI=1S/C24H24N2O3S/c1-3-17-9-11-19(12-10-17)22-21(23(28)29-15-18-7-5-4-6-8-18)16(2)25-24-26(22)20(27)13-14-30-24/h4-12,22H,3,13-15H2,1-2H3/t22-/m0/s1. The first-order chi connectivity index (χ1) is 14.6. The van der Waals surface area contributed by atoms with Crippen molar-refractivity contribution in [3.8, 4) is 0 Å². The van der Waals surface area contributed by atoms with Crippen molar-refractivity contribution in [3.05, 3.63) is 82.6 Å². The summed E-state index contributed by atoms with van der Waals surface area (Å²) >= 11 is 1.55. The Morgan fingerprint density at radius 1 is 1.13 bits per heavy atom. The third-order valence-electron chi connectivity index (χ3n) is 5.34. The zero-order chi connectivity index (χ0) is 21.1. The summed E-state index contributed by atoms with van der Waals surface area (Å²) in [6.07, 6.45) is 1.36. The first-order valence-corrected chi connectivity index (χ1v) is 11.1. The predicted molar refractivity (Wildman–Crippen MR) is 119 cm³/mol. The van der Waals surface area contributed by atoms with Gasteiger partial charge in [-0.1, -0.05) is 73.3 Å². The summed E-state index contributed by atoms with van der Waals surface area (Å²) in [5.74, 6) is 0.251. The largest absolute Gasteiger partial charge is 0.457 e. The zero-order valence-corrected chi connectivity index (χ0v) is 17.9. The Balaban J connectivity index is 1.70. The number of aryl methyl sites for hydroxylation is 1. The summed E-state index contributed by atoms with van der Waals surface area (Å²) in [5, 5.41) is 0.660. The van der Waals surface area contributed by atoms with Crippen molar-refractivity contribution >= 4 is 28.8 Å². The third-order valence-corrected chi connectivity index (χ3v) is 6.30. The maximum absolute atomic E-state index is 13.2. The minimum atomic E-state index is -0.521. The normalized spacial score (nSPS) is 18.7. The number of ether oxygens (including phenoxy) is 1. The van der Waals surface area contributed by atoms with Crippen molar-refractivity contribution in [1.29, 1.82) is 0 Å². The number of carbonyl (C=O) groups excluding carboxylic acids is 2. The van der Waals surface area contributed by atoms with Crippen LogP contribution in [0.25, 0.3) is 0 Å². The molecule has 2 aromatic carbocycles. The van der Waals surface area contributed by atoms with E-state index >= 15 is 0 Å². The van der Waals surface area contributed by atoms with Crippen molar-refractivity contribution in [1.82, 2.24) is 4.90 Å². The van der Waals surface area contributed by atoms with E-state index < -0.39 is 12.0 Å². The van der Waals surface area contributed by atoms with Crippen LogP contribution in [0.2, 0.25) is 0 Å². The van der Waals surface area contributed by atoms with E-state index in [1.54, 1.807) is 16.7 Å². The second-order valence-electron chi connectivity index (χ2n) is 7.32. The number of thioether (sulfide) groups is 1. The van der Waals surface area contributed by atoms with Crippen LogP contribution in [0.5, 0.6) is 0 Å². The van der Waals surface area contributed by atoms with Gasteiger partial charge in [0.15, 0.2) is 5.17 Å². The maximum Gasteiger partial charge on any atom is 0.338 e. The average molecular weight is 421 g/mol. The minimum absolute atomic E-state index is 0.0158. The molecule has 0 saturated carbocycles. The van der Waals surface area contributed by atoms with Crippen LogP contribution in [-0.4, -0.2) is 27.7 Å². The number of hydrogen-bond donors (Lipinski definition) is 0. The molecular formula is C24H24N2O3S. The van der Waals surface area contributed by atoms with Crippen LogP contribution >= 0.6 is 11.8 Å². The van der Waals surface area contributed by atoms with Crippen molar-refractivity contribution in [2.75, 3.05) is 5.75 Å². The van der Waals surface area contributed by atoms with E-state index in [0.29, 0.717) is 28.6 Å². The molecule has 154 valence electrons. The Bertz CT molecular complexity index is 1010. The molecule has 5 nitrogen and oxygen atoms in total. The Morgan fingerprint density at radius 3 is 2.57 bits per heavy atom. The summed E-state index contributed by atoms with van der Waals surface area (Å²) in [6, 6.07) is 17.1. The molecular weight excluding hydrogens is 396 g/mol. The SMILES string of the molecule is CCc1ccc([C@H]2C(C(=O)OCc3ccccc3)=C(C)N=C3SCCC(=O)N32)cc1. The maximum atomic E-state index is 13.2. The first-order valence-electron chi connectivity index (χ1n) is 10.1. The quantitative estimate of drug-likeness (QED) is 0.661. The summed E-state index contributed by atoms with van der Waals surface area (Å²) in [5.41, 5.74) is 4.04. The number of carbonyl (C=O) groups is 2. The van der Waals surface area contributed by atoms with E-state index in [1.165, 1.54) is 5.56 Å². The molecule has 2 aromatic rings. The fourth-order valence-electron chi connectivity index (χ4n) is 3.71.